The van der Waals surface area contributed by atoms with Gasteiger partial charge >= 0.3 is 0 Å². The Morgan fingerprint density at radius 3 is 2.47 bits per heavy atom. The Kier molecular flexibility index (Phi) is 8.28. The van der Waals surface area contributed by atoms with Crippen LogP contribution in [-0.2, 0) is 9.47 Å². The summed E-state index contributed by atoms with van der Waals surface area (Å²) in [4.78, 5) is 0. The molecule has 170 valence electrons. The fourth-order valence-electron chi connectivity index (χ4n) is 4.54. The third-order valence-electron chi connectivity index (χ3n) is 6.78. The maximum Gasteiger partial charge on any atom is 0.187 e. The predicted molar refractivity (Wildman–Crippen MR) is 120 cm³/mol. The lowest BCUT2D eigenvalue weighted by atomic mass is 9.61. The summed E-state index contributed by atoms with van der Waals surface area (Å²) < 4.78 is 11.2. The first-order valence-corrected chi connectivity index (χ1v) is 10.9. The van der Waals surface area contributed by atoms with E-state index in [0.29, 0.717) is 11.8 Å². The molecule has 1 saturated carbocycles. The summed E-state index contributed by atoms with van der Waals surface area (Å²) in [5.41, 5.74) is 1.96. The first-order valence-electron chi connectivity index (χ1n) is 10.9. The lowest BCUT2D eigenvalue weighted by Crippen LogP contribution is -2.55. The molecule has 5 nitrogen and oxygen atoms in total. The van der Waals surface area contributed by atoms with Gasteiger partial charge in [0.1, 0.15) is 18.3 Å². The number of hydrogen-bond donors (Lipinski definition) is 3. The fraction of sp³-hybridized carbons (Fsp3) is 0.680. The van der Waals surface area contributed by atoms with Gasteiger partial charge < -0.3 is 24.8 Å². The van der Waals surface area contributed by atoms with Gasteiger partial charge in [-0.3, -0.25) is 0 Å². The molecule has 30 heavy (non-hydrogen) atoms. The van der Waals surface area contributed by atoms with Crippen LogP contribution in [0.15, 0.2) is 48.6 Å². The summed E-state index contributed by atoms with van der Waals surface area (Å²) in [6, 6.07) is 0. The van der Waals surface area contributed by atoms with Gasteiger partial charge in [-0.05, 0) is 64.2 Å². The summed E-state index contributed by atoms with van der Waals surface area (Å²) in [6.07, 6.45) is 6.76. The number of rotatable bonds is 7. The van der Waals surface area contributed by atoms with Gasteiger partial charge in [0, 0.05) is 0 Å². The quantitative estimate of drug-likeness (QED) is 0.430. The minimum Gasteiger partial charge on any atom is -0.388 e. The highest BCUT2D eigenvalue weighted by atomic mass is 16.7. The normalized spacial score (nSPS) is 38.6. The molecule has 2 fully saturated rings. The van der Waals surface area contributed by atoms with Crippen LogP contribution in [0.1, 0.15) is 53.9 Å². The van der Waals surface area contributed by atoms with E-state index in [1.807, 2.05) is 26.0 Å². The van der Waals surface area contributed by atoms with Crippen LogP contribution in [0.3, 0.4) is 0 Å². The topological polar surface area (TPSA) is 79.2 Å². The second kappa shape index (κ2) is 9.92. The number of aliphatic hydroxyl groups is 3. The van der Waals surface area contributed by atoms with E-state index in [1.54, 1.807) is 0 Å². The lowest BCUT2D eigenvalue weighted by Gasteiger charge is -2.43. The lowest BCUT2D eigenvalue weighted by molar-refractivity contribution is -0.289. The van der Waals surface area contributed by atoms with Crippen LogP contribution in [-0.4, -0.2) is 52.1 Å². The maximum atomic E-state index is 10.1. The van der Waals surface area contributed by atoms with E-state index in [9.17, 15) is 15.3 Å². The van der Waals surface area contributed by atoms with Crippen LogP contribution in [0, 0.1) is 17.3 Å². The molecular formula is C25H40O5. The number of aliphatic hydroxyl groups excluding tert-OH is 3. The molecule has 0 aromatic heterocycles. The summed E-state index contributed by atoms with van der Waals surface area (Å²) in [5.74, 6) is 0.945. The third-order valence-corrected chi connectivity index (χ3v) is 6.78. The first kappa shape index (κ1) is 25.0. The van der Waals surface area contributed by atoms with Gasteiger partial charge in [-0.15, -0.1) is 6.58 Å². The summed E-state index contributed by atoms with van der Waals surface area (Å²) in [5, 5.41) is 29.5. The van der Waals surface area contributed by atoms with E-state index in [4.69, 9.17) is 9.47 Å². The van der Waals surface area contributed by atoms with Crippen LogP contribution >= 0.6 is 0 Å². The van der Waals surface area contributed by atoms with Gasteiger partial charge in [0.15, 0.2) is 6.29 Å². The van der Waals surface area contributed by atoms with Crippen LogP contribution in [0.2, 0.25) is 0 Å². The zero-order chi connectivity index (χ0) is 22.7. The van der Waals surface area contributed by atoms with Crippen LogP contribution in [0.4, 0.5) is 0 Å². The number of ether oxygens (including phenoxy) is 2. The molecule has 2 rings (SSSR count). The Morgan fingerprint density at radius 2 is 1.87 bits per heavy atom. The fourth-order valence-corrected chi connectivity index (χ4v) is 4.54. The van der Waals surface area contributed by atoms with Crippen molar-refractivity contribution in [1.29, 1.82) is 0 Å². The second-order valence-corrected chi connectivity index (χ2v) is 9.82. The molecule has 1 saturated heterocycles. The molecule has 7 atom stereocenters. The van der Waals surface area contributed by atoms with Gasteiger partial charge in [0.25, 0.3) is 0 Å². The van der Waals surface area contributed by atoms with Gasteiger partial charge in [-0.1, -0.05) is 49.0 Å². The third kappa shape index (κ3) is 5.92. The second-order valence-electron chi connectivity index (χ2n) is 9.82. The molecule has 0 amide bonds. The van der Waals surface area contributed by atoms with Crippen molar-refractivity contribution in [3.05, 3.63) is 48.6 Å². The van der Waals surface area contributed by atoms with Gasteiger partial charge in [-0.25, -0.2) is 0 Å². The average molecular weight is 421 g/mol. The zero-order valence-electron chi connectivity index (χ0n) is 19.2. The van der Waals surface area contributed by atoms with E-state index < -0.39 is 30.2 Å². The molecule has 1 unspecified atom stereocenters. The zero-order valence-corrected chi connectivity index (χ0v) is 19.2. The molecule has 0 aromatic carbocycles. The minimum atomic E-state index is -1.29. The van der Waals surface area contributed by atoms with E-state index in [1.165, 1.54) is 11.1 Å². The van der Waals surface area contributed by atoms with E-state index in [2.05, 4.69) is 46.1 Å². The van der Waals surface area contributed by atoms with Gasteiger partial charge in [-0.2, -0.15) is 0 Å². The molecule has 5 heteroatoms. The van der Waals surface area contributed by atoms with E-state index in [-0.39, 0.29) is 12.0 Å². The highest BCUT2D eigenvalue weighted by molar-refractivity contribution is 5.20. The standard InChI is InChI=1S/C25H40O5/c1-8-25(7)13-11-18(14-19(25)16(2)3)17(4)10-9-12-24(5,6)30-23-22(28)21(27)20(26)15-29-23/h8-10,12,18-23,26-28H,1-2,11,13-15H2,3-7H3/b12-9+,17-10+/t18?,19-,20-,21-,22+,23+,25+/m1/s1. The van der Waals surface area contributed by atoms with Gasteiger partial charge in [0.05, 0.1) is 12.2 Å². The molecule has 1 aliphatic heterocycles. The first-order chi connectivity index (χ1) is 13.9. The van der Waals surface area contributed by atoms with Crippen molar-refractivity contribution in [3.63, 3.8) is 0 Å². The number of allylic oxidation sites excluding steroid dienone is 5. The van der Waals surface area contributed by atoms with Crippen molar-refractivity contribution in [1.82, 2.24) is 0 Å². The molecule has 0 bridgehead atoms. The highest BCUT2D eigenvalue weighted by Gasteiger charge is 2.40. The molecule has 1 aliphatic carbocycles. The van der Waals surface area contributed by atoms with Crippen molar-refractivity contribution in [2.45, 2.75) is 84.1 Å². The summed E-state index contributed by atoms with van der Waals surface area (Å²) in [6.45, 7) is 18.5. The summed E-state index contributed by atoms with van der Waals surface area (Å²) in [7, 11) is 0. The molecule has 3 N–H and O–H groups in total. The highest BCUT2D eigenvalue weighted by Crippen LogP contribution is 2.48. The Morgan fingerprint density at radius 1 is 1.20 bits per heavy atom. The minimum absolute atomic E-state index is 0.0725. The van der Waals surface area contributed by atoms with Crippen molar-refractivity contribution in [2.75, 3.05) is 6.61 Å². The van der Waals surface area contributed by atoms with E-state index >= 15 is 0 Å². The van der Waals surface area contributed by atoms with Crippen molar-refractivity contribution >= 4 is 0 Å². The Balaban J connectivity index is 2.00. The van der Waals surface area contributed by atoms with Crippen LogP contribution in [0.5, 0.6) is 0 Å². The van der Waals surface area contributed by atoms with E-state index in [0.717, 1.165) is 19.3 Å². The molecule has 1 heterocycles. The smallest absolute Gasteiger partial charge is 0.187 e. The molecular weight excluding hydrogens is 380 g/mol. The van der Waals surface area contributed by atoms with Crippen LogP contribution < -0.4 is 0 Å². The van der Waals surface area contributed by atoms with Crippen molar-refractivity contribution in [2.24, 2.45) is 17.3 Å². The molecule has 0 aromatic rings. The predicted octanol–water partition coefficient (Wildman–Crippen LogP) is 3.91. The maximum absolute atomic E-state index is 10.1. The van der Waals surface area contributed by atoms with Crippen molar-refractivity contribution < 1.29 is 24.8 Å². The van der Waals surface area contributed by atoms with Crippen LogP contribution in [0.25, 0.3) is 0 Å². The largest absolute Gasteiger partial charge is 0.388 e. The number of hydrogen-bond acceptors (Lipinski definition) is 5. The van der Waals surface area contributed by atoms with Gasteiger partial charge in [0.2, 0.25) is 0 Å². The average Bonchev–Trinajstić information content (AvgIpc) is 2.68. The molecule has 0 spiro atoms. The summed E-state index contributed by atoms with van der Waals surface area (Å²) >= 11 is 0. The SMILES string of the molecule is C=C[C@@]1(C)CCC(/C(C)=C/C=C/C(C)(C)O[C@@H]2OC[C@@H](O)[C@@H](O)[C@@H]2O)C[C@@H]1C(=C)C. The Bertz CT molecular complexity index is 679. The van der Waals surface area contributed by atoms with Crippen molar-refractivity contribution in [3.8, 4) is 0 Å². The Hall–Kier alpha value is -1.24. The monoisotopic (exact) mass is 420 g/mol. The Labute approximate surface area is 181 Å². The molecule has 2 aliphatic rings. The molecule has 0 radical (unpaired) electrons.